The fraction of sp³-hybridized carbons (Fsp3) is 0.0435. The Kier molecular flexibility index (Phi) is 4.75. The molecule has 0 saturated carbocycles. The van der Waals surface area contributed by atoms with Crippen molar-refractivity contribution in [2.75, 3.05) is 5.32 Å². The lowest BCUT2D eigenvalue weighted by molar-refractivity contribution is 0.102. The Balaban J connectivity index is 1.92. The molecule has 0 aliphatic rings. The lowest BCUT2D eigenvalue weighted by atomic mass is 10.0. The van der Waals surface area contributed by atoms with Crippen LogP contribution in [-0.2, 0) is 0 Å². The molecule has 0 aliphatic carbocycles. The number of fused-ring (bicyclic) bond motifs is 1. The van der Waals surface area contributed by atoms with Crippen molar-refractivity contribution in [3.05, 3.63) is 100.0 Å². The van der Waals surface area contributed by atoms with Crippen LogP contribution in [0.25, 0.3) is 21.2 Å². The summed E-state index contributed by atoms with van der Waals surface area (Å²) >= 11 is 1.30. The van der Waals surface area contributed by atoms with Crippen molar-refractivity contribution < 1.29 is 9.18 Å². The molecule has 1 aromatic heterocycles. The predicted molar refractivity (Wildman–Crippen MR) is 113 cm³/mol. The van der Waals surface area contributed by atoms with Gasteiger partial charge in [-0.2, -0.15) is 0 Å². The molecule has 1 N–H and O–H groups in total. The van der Waals surface area contributed by atoms with Crippen LogP contribution in [0.4, 0.5) is 9.39 Å². The molecule has 0 saturated heterocycles. The highest BCUT2D eigenvalue weighted by Crippen LogP contribution is 2.34. The summed E-state index contributed by atoms with van der Waals surface area (Å²) in [6, 6.07) is 20.6. The van der Waals surface area contributed by atoms with Crippen molar-refractivity contribution >= 4 is 32.3 Å². The average molecular weight is 389 g/mol. The normalized spacial score (nSPS) is 10.8. The largest absolute Gasteiger partial charge is 0.313 e. The monoisotopic (exact) mass is 389 g/mol. The maximum atomic E-state index is 14.0. The van der Waals surface area contributed by atoms with E-state index in [0.29, 0.717) is 16.0 Å². The lowest BCUT2D eigenvalue weighted by Gasteiger charge is -2.12. The maximum absolute atomic E-state index is 14.0. The number of anilines is 1. The Bertz CT molecular complexity index is 1260. The summed E-state index contributed by atoms with van der Waals surface area (Å²) in [7, 11) is 0. The van der Waals surface area contributed by atoms with Gasteiger partial charge in [0.15, 0.2) is 5.43 Å². The zero-order valence-electron chi connectivity index (χ0n) is 15.0. The van der Waals surface area contributed by atoms with Gasteiger partial charge in [-0.05, 0) is 36.8 Å². The summed E-state index contributed by atoms with van der Waals surface area (Å²) in [6.07, 6.45) is 0. The summed E-state index contributed by atoms with van der Waals surface area (Å²) in [5.74, 6) is -1.19. The van der Waals surface area contributed by atoms with Crippen LogP contribution in [0.5, 0.6) is 0 Å². The Labute approximate surface area is 165 Å². The zero-order chi connectivity index (χ0) is 19.7. The number of halogens is 1. The molecular formula is C23H16FNO2S. The molecule has 5 heteroatoms. The highest BCUT2D eigenvalue weighted by atomic mass is 32.1. The van der Waals surface area contributed by atoms with Gasteiger partial charge in [0.2, 0.25) is 0 Å². The van der Waals surface area contributed by atoms with Gasteiger partial charge in [-0.15, -0.1) is 11.3 Å². The average Bonchev–Trinajstić information content (AvgIpc) is 2.68. The standard InChI is InChI=1S/C23H16FNO2S/c1-14-7-6-8-15(13-14)20-21(26)17-10-3-5-12-19(17)28-23(20)25-22(27)16-9-2-4-11-18(16)24/h2-13H,1H3,(H,25,27). The number of rotatable bonds is 3. The number of carbonyl (C=O) groups is 1. The minimum Gasteiger partial charge on any atom is -0.313 e. The minimum atomic E-state index is -0.606. The third-order valence-electron chi connectivity index (χ3n) is 4.45. The Morgan fingerprint density at radius 3 is 2.50 bits per heavy atom. The highest BCUT2D eigenvalue weighted by Gasteiger charge is 2.18. The van der Waals surface area contributed by atoms with Crippen LogP contribution in [0.3, 0.4) is 0 Å². The number of hydrogen-bond donors (Lipinski definition) is 1. The molecule has 0 bridgehead atoms. The topological polar surface area (TPSA) is 46.2 Å². The van der Waals surface area contributed by atoms with Crippen LogP contribution in [-0.4, -0.2) is 5.91 Å². The summed E-state index contributed by atoms with van der Waals surface area (Å²) in [4.78, 5) is 25.9. The molecule has 0 atom stereocenters. The molecule has 0 fully saturated rings. The fourth-order valence-corrected chi connectivity index (χ4v) is 4.20. The van der Waals surface area contributed by atoms with Crippen molar-refractivity contribution in [1.82, 2.24) is 0 Å². The number of amides is 1. The van der Waals surface area contributed by atoms with E-state index in [-0.39, 0.29) is 11.0 Å². The van der Waals surface area contributed by atoms with Crippen molar-refractivity contribution in [3.63, 3.8) is 0 Å². The maximum Gasteiger partial charge on any atom is 0.259 e. The van der Waals surface area contributed by atoms with Crippen molar-refractivity contribution in [3.8, 4) is 11.1 Å². The molecule has 4 rings (SSSR count). The first-order valence-corrected chi connectivity index (χ1v) is 9.55. The van der Waals surface area contributed by atoms with E-state index in [1.54, 1.807) is 12.1 Å². The van der Waals surface area contributed by atoms with Crippen molar-refractivity contribution in [1.29, 1.82) is 0 Å². The molecule has 0 spiro atoms. The number of benzene rings is 3. The number of carbonyl (C=O) groups excluding carboxylic acids is 1. The van der Waals surface area contributed by atoms with E-state index < -0.39 is 11.7 Å². The fourth-order valence-electron chi connectivity index (χ4n) is 3.11. The van der Waals surface area contributed by atoms with Crippen LogP contribution in [0.2, 0.25) is 0 Å². The van der Waals surface area contributed by atoms with E-state index in [9.17, 15) is 14.0 Å². The van der Waals surface area contributed by atoms with E-state index in [0.717, 1.165) is 15.8 Å². The second-order valence-electron chi connectivity index (χ2n) is 6.43. The van der Waals surface area contributed by atoms with Crippen LogP contribution >= 0.6 is 11.3 Å². The Hall–Kier alpha value is -3.31. The molecule has 0 aliphatic heterocycles. The summed E-state index contributed by atoms with van der Waals surface area (Å²) in [5, 5.41) is 3.75. The van der Waals surface area contributed by atoms with Crippen molar-refractivity contribution in [2.45, 2.75) is 6.92 Å². The first-order valence-electron chi connectivity index (χ1n) is 8.73. The second kappa shape index (κ2) is 7.37. The van der Waals surface area contributed by atoms with Crippen LogP contribution < -0.4 is 10.7 Å². The van der Waals surface area contributed by atoms with Gasteiger partial charge in [0, 0.05) is 10.1 Å². The highest BCUT2D eigenvalue weighted by molar-refractivity contribution is 7.22. The van der Waals surface area contributed by atoms with Gasteiger partial charge in [0.1, 0.15) is 10.8 Å². The first kappa shape index (κ1) is 18.1. The molecule has 4 aromatic rings. The second-order valence-corrected chi connectivity index (χ2v) is 7.49. The molecule has 138 valence electrons. The van der Waals surface area contributed by atoms with Crippen molar-refractivity contribution in [2.24, 2.45) is 0 Å². The smallest absolute Gasteiger partial charge is 0.259 e. The molecule has 3 aromatic carbocycles. The quantitative estimate of drug-likeness (QED) is 0.494. The summed E-state index contributed by atoms with van der Waals surface area (Å²) < 4.78 is 14.8. The van der Waals surface area contributed by atoms with Gasteiger partial charge in [-0.1, -0.05) is 54.1 Å². The zero-order valence-corrected chi connectivity index (χ0v) is 15.8. The van der Waals surface area contributed by atoms with Gasteiger partial charge < -0.3 is 5.32 Å². The van der Waals surface area contributed by atoms with Crippen LogP contribution in [0.15, 0.2) is 77.6 Å². The van der Waals surface area contributed by atoms with Gasteiger partial charge in [0.25, 0.3) is 5.91 Å². The van der Waals surface area contributed by atoms with Gasteiger partial charge in [-0.3, -0.25) is 9.59 Å². The molecule has 3 nitrogen and oxygen atoms in total. The Morgan fingerprint density at radius 2 is 1.71 bits per heavy atom. The van der Waals surface area contributed by atoms with Crippen LogP contribution in [0.1, 0.15) is 15.9 Å². The molecule has 0 unspecified atom stereocenters. The molecule has 1 amide bonds. The molecular weight excluding hydrogens is 373 g/mol. The van der Waals surface area contributed by atoms with Gasteiger partial charge >= 0.3 is 0 Å². The third kappa shape index (κ3) is 3.32. The lowest BCUT2D eigenvalue weighted by Crippen LogP contribution is -2.16. The molecule has 0 radical (unpaired) electrons. The minimum absolute atomic E-state index is 0.0644. The van der Waals surface area contributed by atoms with E-state index in [2.05, 4.69) is 5.32 Å². The molecule has 28 heavy (non-hydrogen) atoms. The third-order valence-corrected chi connectivity index (χ3v) is 5.54. The van der Waals surface area contributed by atoms with Gasteiger partial charge in [-0.25, -0.2) is 4.39 Å². The van der Waals surface area contributed by atoms with E-state index >= 15 is 0 Å². The summed E-state index contributed by atoms with van der Waals surface area (Å²) in [5.41, 5.74) is 1.91. The van der Waals surface area contributed by atoms with E-state index in [4.69, 9.17) is 0 Å². The number of aryl methyl sites for hydroxylation is 1. The summed E-state index contributed by atoms with van der Waals surface area (Å²) in [6.45, 7) is 1.94. The first-order chi connectivity index (χ1) is 13.5. The van der Waals surface area contributed by atoms with Crippen LogP contribution in [0, 0.1) is 12.7 Å². The predicted octanol–water partition coefficient (Wildman–Crippen LogP) is 5.63. The Morgan fingerprint density at radius 1 is 0.964 bits per heavy atom. The van der Waals surface area contributed by atoms with Gasteiger partial charge in [0.05, 0.1) is 11.1 Å². The van der Waals surface area contributed by atoms with E-state index in [1.165, 1.54) is 29.5 Å². The number of nitrogens with one attached hydrogen (secondary N) is 1. The molecule has 1 heterocycles. The van der Waals surface area contributed by atoms with E-state index in [1.807, 2.05) is 49.4 Å². The SMILES string of the molecule is Cc1cccc(-c2c(NC(=O)c3ccccc3F)sc3ccccc3c2=O)c1. The number of hydrogen-bond acceptors (Lipinski definition) is 3.